The Morgan fingerprint density at radius 2 is 2.07 bits per heavy atom. The minimum Gasteiger partial charge on any atom is -0.452 e. The van der Waals surface area contributed by atoms with Gasteiger partial charge in [0.1, 0.15) is 11.5 Å². The highest BCUT2D eigenvalue weighted by molar-refractivity contribution is 5.96. The van der Waals surface area contributed by atoms with Crippen LogP contribution in [-0.4, -0.2) is 36.5 Å². The monoisotopic (exact) mass is 415 g/mol. The van der Waals surface area contributed by atoms with Crippen molar-refractivity contribution < 1.29 is 23.6 Å². The summed E-state index contributed by atoms with van der Waals surface area (Å²) in [4.78, 5) is 37.1. The van der Waals surface area contributed by atoms with Crippen LogP contribution >= 0.6 is 0 Å². The van der Waals surface area contributed by atoms with Gasteiger partial charge in [-0.25, -0.2) is 9.18 Å². The largest absolute Gasteiger partial charge is 0.452 e. The number of carbonyl (C=O) groups is 2. The summed E-state index contributed by atoms with van der Waals surface area (Å²) in [6.07, 6.45) is 2.02. The van der Waals surface area contributed by atoms with Crippen LogP contribution in [-0.2, 0) is 9.53 Å². The van der Waals surface area contributed by atoms with Crippen LogP contribution in [0.2, 0.25) is 0 Å². The Labute approximate surface area is 172 Å². The number of esters is 1. The molecule has 1 aliphatic rings. The van der Waals surface area contributed by atoms with Crippen molar-refractivity contribution in [2.75, 3.05) is 29.9 Å². The van der Waals surface area contributed by atoms with E-state index in [4.69, 9.17) is 4.74 Å². The fourth-order valence-electron chi connectivity index (χ4n) is 3.44. The molecule has 2 aromatic rings. The van der Waals surface area contributed by atoms with Crippen LogP contribution in [0.3, 0.4) is 0 Å². The minimum absolute atomic E-state index is 0.0331. The molecule has 2 aromatic carbocycles. The molecule has 1 unspecified atom stereocenters. The lowest BCUT2D eigenvalue weighted by atomic mass is 9.99. The van der Waals surface area contributed by atoms with E-state index >= 15 is 0 Å². The molecule has 0 spiro atoms. The number of nitrogens with one attached hydrogen (secondary N) is 1. The second-order valence-electron chi connectivity index (χ2n) is 7.26. The number of nitro benzene ring substituents is 1. The number of hydrogen-bond acceptors (Lipinski definition) is 6. The van der Waals surface area contributed by atoms with Crippen molar-refractivity contribution >= 4 is 28.9 Å². The molecule has 8 nitrogen and oxygen atoms in total. The van der Waals surface area contributed by atoms with Crippen LogP contribution in [0.25, 0.3) is 0 Å². The Bertz CT molecular complexity index is 965. The van der Waals surface area contributed by atoms with Gasteiger partial charge in [0, 0.05) is 19.2 Å². The number of para-hydroxylation sites is 1. The van der Waals surface area contributed by atoms with Gasteiger partial charge in [0.25, 0.3) is 11.6 Å². The van der Waals surface area contributed by atoms with Crippen LogP contribution < -0.4 is 10.2 Å². The lowest BCUT2D eigenvalue weighted by molar-refractivity contribution is -0.384. The van der Waals surface area contributed by atoms with Gasteiger partial charge < -0.3 is 15.0 Å². The molecule has 1 amide bonds. The summed E-state index contributed by atoms with van der Waals surface area (Å²) in [5, 5.41) is 13.8. The van der Waals surface area contributed by atoms with Crippen LogP contribution in [0, 0.1) is 21.8 Å². The predicted molar refractivity (Wildman–Crippen MR) is 109 cm³/mol. The molecule has 1 aliphatic heterocycles. The van der Waals surface area contributed by atoms with E-state index in [1.807, 2.05) is 4.90 Å². The van der Waals surface area contributed by atoms with Crippen molar-refractivity contribution in [3.05, 3.63) is 64.0 Å². The number of amides is 1. The van der Waals surface area contributed by atoms with Crippen molar-refractivity contribution in [1.82, 2.24) is 0 Å². The van der Waals surface area contributed by atoms with Gasteiger partial charge in [0.2, 0.25) is 0 Å². The predicted octanol–water partition coefficient (Wildman–Crippen LogP) is 3.77. The third kappa shape index (κ3) is 5.11. The summed E-state index contributed by atoms with van der Waals surface area (Å²) in [5.74, 6) is -1.78. The molecule has 1 N–H and O–H groups in total. The van der Waals surface area contributed by atoms with Crippen molar-refractivity contribution in [2.24, 2.45) is 5.92 Å². The zero-order valence-corrected chi connectivity index (χ0v) is 16.5. The SMILES string of the molecule is CC1CCCN(c2ccc(C(=O)OCC(=O)Nc3ccccc3F)cc2[N+](=O)[O-])C1. The van der Waals surface area contributed by atoms with Gasteiger partial charge >= 0.3 is 5.97 Å². The van der Waals surface area contributed by atoms with E-state index in [1.54, 1.807) is 6.07 Å². The Kier molecular flexibility index (Phi) is 6.61. The first-order chi connectivity index (χ1) is 14.3. The van der Waals surface area contributed by atoms with E-state index in [1.165, 1.54) is 30.3 Å². The molecule has 1 heterocycles. The van der Waals surface area contributed by atoms with E-state index in [0.717, 1.165) is 18.9 Å². The fraction of sp³-hybridized carbons (Fsp3) is 0.333. The normalized spacial score (nSPS) is 16.1. The summed E-state index contributed by atoms with van der Waals surface area (Å²) >= 11 is 0. The molecule has 158 valence electrons. The van der Waals surface area contributed by atoms with Gasteiger partial charge in [-0.3, -0.25) is 14.9 Å². The van der Waals surface area contributed by atoms with Crippen LogP contribution in [0.4, 0.5) is 21.5 Å². The summed E-state index contributed by atoms with van der Waals surface area (Å²) in [5.41, 5.74) is 0.207. The lowest BCUT2D eigenvalue weighted by Crippen LogP contribution is -2.34. The number of carbonyl (C=O) groups excluding carboxylic acids is 2. The molecule has 3 rings (SSSR count). The van der Waals surface area contributed by atoms with Gasteiger partial charge in [0.15, 0.2) is 6.61 Å². The lowest BCUT2D eigenvalue weighted by Gasteiger charge is -2.32. The molecule has 9 heteroatoms. The summed E-state index contributed by atoms with van der Waals surface area (Å²) in [6, 6.07) is 9.72. The van der Waals surface area contributed by atoms with E-state index in [0.29, 0.717) is 24.7 Å². The van der Waals surface area contributed by atoms with Crippen molar-refractivity contribution in [2.45, 2.75) is 19.8 Å². The first kappa shape index (κ1) is 21.2. The van der Waals surface area contributed by atoms with Gasteiger partial charge in [-0.05, 0) is 43.0 Å². The van der Waals surface area contributed by atoms with Gasteiger partial charge in [0.05, 0.1) is 16.2 Å². The molecule has 1 atom stereocenters. The number of rotatable bonds is 6. The van der Waals surface area contributed by atoms with Crippen LogP contribution in [0.15, 0.2) is 42.5 Å². The smallest absolute Gasteiger partial charge is 0.338 e. The van der Waals surface area contributed by atoms with E-state index < -0.39 is 29.2 Å². The van der Waals surface area contributed by atoms with Gasteiger partial charge in [-0.1, -0.05) is 19.1 Å². The molecule has 1 fully saturated rings. The second-order valence-corrected chi connectivity index (χ2v) is 7.26. The number of halogens is 1. The van der Waals surface area contributed by atoms with E-state index in [-0.39, 0.29) is 16.9 Å². The number of ether oxygens (including phenoxy) is 1. The number of anilines is 2. The second kappa shape index (κ2) is 9.34. The third-order valence-electron chi connectivity index (χ3n) is 4.89. The van der Waals surface area contributed by atoms with Crippen LogP contribution in [0.5, 0.6) is 0 Å². The standard InChI is InChI=1S/C21H22FN3O5/c1-14-5-4-10-24(12-14)18-9-8-15(11-19(18)25(28)29)21(27)30-13-20(26)23-17-7-3-2-6-16(17)22/h2-3,6-9,11,14H,4-5,10,12-13H2,1H3,(H,23,26). The van der Waals surface area contributed by atoms with Gasteiger partial charge in [-0.15, -0.1) is 0 Å². The molecular weight excluding hydrogens is 393 g/mol. The zero-order valence-electron chi connectivity index (χ0n) is 16.5. The molecule has 0 aliphatic carbocycles. The molecule has 0 saturated carbocycles. The summed E-state index contributed by atoms with van der Waals surface area (Å²) < 4.78 is 18.5. The Morgan fingerprint density at radius 3 is 2.77 bits per heavy atom. The highest BCUT2D eigenvalue weighted by atomic mass is 19.1. The molecule has 1 saturated heterocycles. The highest BCUT2D eigenvalue weighted by Gasteiger charge is 2.25. The first-order valence-electron chi connectivity index (χ1n) is 9.60. The van der Waals surface area contributed by atoms with Crippen LogP contribution in [0.1, 0.15) is 30.1 Å². The average Bonchev–Trinajstić information content (AvgIpc) is 2.73. The number of nitro groups is 1. The zero-order chi connectivity index (χ0) is 21.7. The van der Waals surface area contributed by atoms with Gasteiger partial charge in [-0.2, -0.15) is 0 Å². The average molecular weight is 415 g/mol. The Hall–Kier alpha value is -3.49. The Balaban J connectivity index is 1.67. The van der Waals surface area contributed by atoms with Crippen molar-refractivity contribution in [3.63, 3.8) is 0 Å². The molecule has 30 heavy (non-hydrogen) atoms. The maximum absolute atomic E-state index is 13.6. The fourth-order valence-corrected chi connectivity index (χ4v) is 3.44. The first-order valence-corrected chi connectivity index (χ1v) is 9.60. The Morgan fingerprint density at radius 1 is 1.30 bits per heavy atom. The van der Waals surface area contributed by atoms with Crippen molar-refractivity contribution in [1.29, 1.82) is 0 Å². The summed E-state index contributed by atoms with van der Waals surface area (Å²) in [7, 11) is 0. The number of nitrogens with zero attached hydrogens (tertiary/aromatic N) is 2. The number of hydrogen-bond donors (Lipinski definition) is 1. The number of benzene rings is 2. The third-order valence-corrected chi connectivity index (χ3v) is 4.89. The quantitative estimate of drug-likeness (QED) is 0.438. The molecular formula is C21H22FN3O5. The van der Waals surface area contributed by atoms with E-state index in [9.17, 15) is 24.1 Å². The molecule has 0 radical (unpaired) electrons. The molecule has 0 aromatic heterocycles. The topological polar surface area (TPSA) is 102 Å². The minimum atomic E-state index is -0.875. The number of piperidine rings is 1. The highest BCUT2D eigenvalue weighted by Crippen LogP contribution is 2.32. The van der Waals surface area contributed by atoms with E-state index in [2.05, 4.69) is 12.2 Å². The maximum atomic E-state index is 13.6. The summed E-state index contributed by atoms with van der Waals surface area (Å²) in [6.45, 7) is 2.87. The maximum Gasteiger partial charge on any atom is 0.338 e. The molecule has 0 bridgehead atoms. The van der Waals surface area contributed by atoms with Crippen molar-refractivity contribution in [3.8, 4) is 0 Å².